The molecule has 43 heavy (non-hydrogen) atoms. The highest BCUT2D eigenvalue weighted by atomic mass is 32.2. The number of hydrogen-bond donors (Lipinski definition) is 2. The minimum absolute atomic E-state index is 0.00898. The molecular weight excluding hydrogens is 626 g/mol. The fourth-order valence-electron chi connectivity index (χ4n) is 4.45. The molecule has 0 spiro atoms. The van der Waals surface area contributed by atoms with Gasteiger partial charge in [-0.05, 0) is 38.7 Å². The maximum atomic E-state index is 15.6. The summed E-state index contributed by atoms with van der Waals surface area (Å²) < 4.78 is 116. The Morgan fingerprint density at radius 3 is 2.42 bits per heavy atom. The molecule has 1 fully saturated rings. The van der Waals surface area contributed by atoms with E-state index in [0.717, 1.165) is 43.6 Å². The van der Waals surface area contributed by atoms with E-state index in [-0.39, 0.29) is 39.6 Å². The second kappa shape index (κ2) is 12.1. The number of nitrogens with one attached hydrogen (secondary N) is 1. The maximum Gasteiger partial charge on any atom is 0.404 e. The maximum absolute atomic E-state index is 15.6. The molecule has 17 heteroatoms. The summed E-state index contributed by atoms with van der Waals surface area (Å²) in [4.78, 5) is 14.7. The molecule has 1 unspecified atom stereocenters. The monoisotopic (exact) mass is 654 g/mol. The van der Waals surface area contributed by atoms with Crippen LogP contribution in [0.25, 0.3) is 21.3 Å². The van der Waals surface area contributed by atoms with E-state index in [1.54, 1.807) is 0 Å². The van der Waals surface area contributed by atoms with Crippen LogP contribution in [0.2, 0.25) is 0 Å². The third kappa shape index (κ3) is 7.03. The van der Waals surface area contributed by atoms with Crippen molar-refractivity contribution in [2.24, 2.45) is 11.3 Å². The molecule has 0 radical (unpaired) electrons. The van der Waals surface area contributed by atoms with Gasteiger partial charge >= 0.3 is 12.1 Å². The fourth-order valence-corrected chi connectivity index (χ4v) is 6.90. The van der Waals surface area contributed by atoms with E-state index in [1.165, 1.54) is 18.6 Å². The number of nitrogens with zero attached hydrogens (tertiary/aromatic N) is 3. The van der Waals surface area contributed by atoms with E-state index >= 15 is 4.39 Å². The van der Waals surface area contributed by atoms with Crippen molar-refractivity contribution in [3.63, 3.8) is 0 Å². The number of carboxylic acids is 1. The van der Waals surface area contributed by atoms with E-state index in [0.29, 0.717) is 18.2 Å². The second-order valence-corrected chi connectivity index (χ2v) is 13.6. The lowest BCUT2D eigenvalue weighted by molar-refractivity contribution is -0.151. The fraction of sp³-hybridized carbons (Fsp3) is 0.538. The van der Waals surface area contributed by atoms with Crippen molar-refractivity contribution in [2.45, 2.75) is 82.8 Å². The zero-order valence-electron chi connectivity index (χ0n) is 23.1. The smallest absolute Gasteiger partial charge is 0.404 e. The van der Waals surface area contributed by atoms with Gasteiger partial charge in [-0.15, -0.1) is 21.5 Å². The van der Waals surface area contributed by atoms with Crippen molar-refractivity contribution < 1.29 is 49.1 Å². The molecule has 0 aliphatic heterocycles. The highest BCUT2D eigenvalue weighted by Gasteiger charge is 2.42. The van der Waals surface area contributed by atoms with Crippen LogP contribution in [0.3, 0.4) is 0 Å². The van der Waals surface area contributed by atoms with Crippen molar-refractivity contribution in [1.29, 1.82) is 0 Å². The summed E-state index contributed by atoms with van der Waals surface area (Å²) in [6.07, 6.45) is -6.37. The van der Waals surface area contributed by atoms with Crippen LogP contribution in [-0.4, -0.2) is 46.9 Å². The average Bonchev–Trinajstić information content (AvgIpc) is 3.50. The predicted octanol–water partition coefficient (Wildman–Crippen LogP) is 6.55. The SMILES string of the molecule is CCC(NS(=O)(=O)c1ccc(-c2sc(-c3nnc(CC(C)(C)C(=O)O)o3)nc2CC2CCC2)c(C(F)F)c1F)C(F)(F)F. The normalized spacial score (nSPS) is 15.6. The number of halogens is 6. The molecule has 9 nitrogen and oxygen atoms in total. The zero-order chi connectivity index (χ0) is 31.9. The third-order valence-corrected chi connectivity index (χ3v) is 9.83. The van der Waals surface area contributed by atoms with Gasteiger partial charge in [0.15, 0.2) is 10.8 Å². The minimum atomic E-state index is -5.19. The number of sulfonamides is 1. The molecule has 1 aliphatic rings. The van der Waals surface area contributed by atoms with E-state index in [4.69, 9.17) is 4.42 Å². The molecule has 1 aliphatic carbocycles. The molecule has 236 valence electrons. The number of rotatable bonds is 12. The molecular formula is C26H28F6N4O5S2. The minimum Gasteiger partial charge on any atom is -0.481 e. The van der Waals surface area contributed by atoms with Crippen LogP contribution in [0.1, 0.15) is 70.0 Å². The van der Waals surface area contributed by atoms with Crippen LogP contribution in [-0.2, 0) is 27.7 Å². The van der Waals surface area contributed by atoms with E-state index in [1.807, 2.05) is 0 Å². The van der Waals surface area contributed by atoms with Crippen molar-refractivity contribution >= 4 is 27.3 Å². The van der Waals surface area contributed by atoms with E-state index in [2.05, 4.69) is 15.2 Å². The summed E-state index contributed by atoms with van der Waals surface area (Å²) >= 11 is 0.814. The first-order valence-corrected chi connectivity index (χ1v) is 15.5. The van der Waals surface area contributed by atoms with Gasteiger partial charge in [-0.3, -0.25) is 4.79 Å². The van der Waals surface area contributed by atoms with Crippen LogP contribution in [0.5, 0.6) is 0 Å². The Morgan fingerprint density at radius 1 is 1.21 bits per heavy atom. The molecule has 2 heterocycles. The van der Waals surface area contributed by atoms with E-state index in [9.17, 15) is 40.3 Å². The lowest BCUT2D eigenvalue weighted by Crippen LogP contribution is -2.45. The molecule has 0 bridgehead atoms. The summed E-state index contributed by atoms with van der Waals surface area (Å²) in [6, 6.07) is -0.984. The quantitative estimate of drug-likeness (QED) is 0.210. The first kappa shape index (κ1) is 32.9. The Kier molecular flexibility index (Phi) is 9.28. The van der Waals surface area contributed by atoms with E-state index < -0.39 is 62.7 Å². The molecule has 0 saturated heterocycles. The topological polar surface area (TPSA) is 135 Å². The summed E-state index contributed by atoms with van der Waals surface area (Å²) in [5.41, 5.74) is -2.61. The number of carboxylic acid groups (broad SMARTS) is 1. The van der Waals surface area contributed by atoms with Crippen LogP contribution in [0.4, 0.5) is 26.3 Å². The molecule has 4 rings (SSSR count). The van der Waals surface area contributed by atoms with Crippen molar-refractivity contribution in [2.75, 3.05) is 0 Å². The molecule has 0 amide bonds. The Morgan fingerprint density at radius 2 is 1.88 bits per heavy atom. The molecule has 3 aromatic rings. The lowest BCUT2D eigenvalue weighted by atomic mass is 9.81. The Bertz CT molecular complexity index is 1600. The van der Waals surface area contributed by atoms with Gasteiger partial charge < -0.3 is 9.52 Å². The number of aromatic nitrogens is 3. The molecule has 2 N–H and O–H groups in total. The molecule has 1 atom stereocenters. The lowest BCUT2D eigenvalue weighted by Gasteiger charge is -2.25. The van der Waals surface area contributed by atoms with Gasteiger partial charge in [0.1, 0.15) is 10.9 Å². The highest BCUT2D eigenvalue weighted by Crippen LogP contribution is 2.44. The average molecular weight is 655 g/mol. The van der Waals surface area contributed by atoms with Gasteiger partial charge in [0.25, 0.3) is 12.3 Å². The van der Waals surface area contributed by atoms with Crippen molar-refractivity contribution in [1.82, 2.24) is 19.9 Å². The van der Waals surface area contributed by atoms with Gasteiger partial charge in [-0.25, -0.2) is 26.6 Å². The summed E-state index contributed by atoms with van der Waals surface area (Å²) in [7, 11) is -5.19. The van der Waals surface area contributed by atoms with Crippen molar-refractivity contribution in [3.8, 4) is 21.3 Å². The molecule has 1 saturated carbocycles. The first-order valence-electron chi connectivity index (χ1n) is 13.2. The van der Waals surface area contributed by atoms with Crippen LogP contribution in [0, 0.1) is 17.2 Å². The van der Waals surface area contributed by atoms with Gasteiger partial charge in [0, 0.05) is 12.0 Å². The van der Waals surface area contributed by atoms with Gasteiger partial charge in [-0.1, -0.05) is 32.3 Å². The number of hydrogen-bond acceptors (Lipinski definition) is 8. The summed E-state index contributed by atoms with van der Waals surface area (Å²) in [6.45, 7) is 3.99. The van der Waals surface area contributed by atoms with Crippen molar-refractivity contribution in [3.05, 3.63) is 35.1 Å². The highest BCUT2D eigenvalue weighted by molar-refractivity contribution is 7.89. The molecule has 1 aromatic carbocycles. The number of aliphatic carboxylic acids is 1. The van der Waals surface area contributed by atoms with Gasteiger partial charge in [0.2, 0.25) is 15.9 Å². The number of carbonyl (C=O) groups is 1. The summed E-state index contributed by atoms with van der Waals surface area (Å²) in [5.74, 6) is -2.94. The molecule has 2 aromatic heterocycles. The van der Waals surface area contributed by atoms with Gasteiger partial charge in [-0.2, -0.15) is 17.9 Å². The standard InChI is InChI=1S/C26H28F6N4O5S2/c1-4-16(26(30,31)32)36-43(39,40)15-9-8-13(18(19(15)27)21(28)29)20-14(10-12-6-5-7-12)33-23(42-20)22-35-34-17(41-22)11-25(2,3)24(37)38/h8-9,12,16,21,36H,4-7,10-11H2,1-3H3,(H,37,38). The first-order chi connectivity index (χ1) is 19.9. The Hall–Kier alpha value is -3.05. The van der Waals surface area contributed by atoms with Gasteiger partial charge in [0.05, 0.1) is 21.5 Å². The van der Waals surface area contributed by atoms with Crippen LogP contribution >= 0.6 is 11.3 Å². The number of benzene rings is 1. The largest absolute Gasteiger partial charge is 0.481 e. The number of alkyl halides is 5. The second-order valence-electron chi connectivity index (χ2n) is 10.9. The predicted molar refractivity (Wildman–Crippen MR) is 142 cm³/mol. The van der Waals surface area contributed by atoms with Crippen LogP contribution < -0.4 is 4.72 Å². The zero-order valence-corrected chi connectivity index (χ0v) is 24.8. The Labute approximate surface area is 246 Å². The third-order valence-electron chi connectivity index (χ3n) is 7.22. The summed E-state index contributed by atoms with van der Waals surface area (Å²) in [5, 5.41) is 17.2. The number of thiazole rings is 1. The Balaban J connectivity index is 1.79. The van der Waals surface area contributed by atoms with Crippen LogP contribution in [0.15, 0.2) is 21.4 Å².